The number of hydrogen-bond acceptors (Lipinski definition) is 3. The number of aromatic nitrogens is 1. The molecule has 1 unspecified atom stereocenters. The molecule has 2 aromatic rings. The van der Waals surface area contributed by atoms with Crippen LogP contribution in [0.15, 0.2) is 30.5 Å². The average molecular weight is 368 g/mol. The predicted molar refractivity (Wildman–Crippen MR) is 90.7 cm³/mol. The number of likely N-dealkylation sites (tertiary alicyclic amines) is 1. The number of benzene rings is 1. The first-order chi connectivity index (χ1) is 11.4. The first kappa shape index (κ1) is 16.7. The van der Waals surface area contributed by atoms with Crippen molar-refractivity contribution in [3.05, 3.63) is 51.8 Å². The average Bonchev–Trinajstić information content (AvgIpc) is 3.20. The normalized spacial score (nSPS) is 17.1. The van der Waals surface area contributed by atoms with Gasteiger partial charge in [-0.05, 0) is 18.2 Å². The van der Waals surface area contributed by atoms with Crippen LogP contribution in [0, 0.1) is 0 Å². The summed E-state index contributed by atoms with van der Waals surface area (Å²) < 4.78 is 5.85. The van der Waals surface area contributed by atoms with Crippen LogP contribution in [0.4, 0.5) is 0 Å². The topological polar surface area (TPSA) is 88.4 Å². The second kappa shape index (κ2) is 6.75. The summed E-state index contributed by atoms with van der Waals surface area (Å²) in [5.41, 5.74) is 5.80. The minimum absolute atomic E-state index is 0.128. The number of hydrogen-bond donors (Lipinski definition) is 2. The first-order valence-electron chi connectivity index (χ1n) is 7.33. The van der Waals surface area contributed by atoms with Crippen LogP contribution >= 0.6 is 23.2 Å². The lowest BCUT2D eigenvalue weighted by molar-refractivity contribution is 0.0767. The SMILES string of the molecule is NC(=O)c1c[nH]c(C(=O)N2CCC(Oc3ccc(Cl)c(Cl)c3)C2)c1. The third-order valence-electron chi connectivity index (χ3n) is 3.82. The summed E-state index contributed by atoms with van der Waals surface area (Å²) in [6, 6.07) is 6.51. The molecule has 0 radical (unpaired) electrons. The van der Waals surface area contributed by atoms with Gasteiger partial charge in [-0.15, -0.1) is 0 Å². The van der Waals surface area contributed by atoms with Gasteiger partial charge in [-0.3, -0.25) is 9.59 Å². The molecule has 24 heavy (non-hydrogen) atoms. The van der Waals surface area contributed by atoms with Crippen molar-refractivity contribution in [2.24, 2.45) is 5.73 Å². The van der Waals surface area contributed by atoms with Crippen molar-refractivity contribution in [3.8, 4) is 5.75 Å². The number of nitrogens with zero attached hydrogens (tertiary/aromatic N) is 1. The van der Waals surface area contributed by atoms with Gasteiger partial charge in [0.15, 0.2) is 0 Å². The van der Waals surface area contributed by atoms with Gasteiger partial charge in [-0.2, -0.15) is 0 Å². The number of primary amides is 1. The second-order valence-electron chi connectivity index (χ2n) is 5.52. The van der Waals surface area contributed by atoms with E-state index in [1.807, 2.05) is 0 Å². The van der Waals surface area contributed by atoms with Crippen LogP contribution < -0.4 is 10.5 Å². The van der Waals surface area contributed by atoms with Gasteiger partial charge in [-0.1, -0.05) is 23.2 Å². The lowest BCUT2D eigenvalue weighted by Crippen LogP contribution is -2.31. The Morgan fingerprint density at radius 2 is 2.04 bits per heavy atom. The van der Waals surface area contributed by atoms with Gasteiger partial charge in [-0.25, -0.2) is 0 Å². The van der Waals surface area contributed by atoms with Crippen LogP contribution in [-0.4, -0.2) is 40.9 Å². The zero-order valence-corrected chi connectivity index (χ0v) is 14.1. The summed E-state index contributed by atoms with van der Waals surface area (Å²) in [6.07, 6.45) is 2.00. The van der Waals surface area contributed by atoms with Gasteiger partial charge >= 0.3 is 0 Å². The van der Waals surface area contributed by atoms with Gasteiger partial charge in [0.2, 0.25) is 5.91 Å². The summed E-state index contributed by atoms with van der Waals surface area (Å²) in [5, 5.41) is 0.884. The van der Waals surface area contributed by atoms with E-state index in [2.05, 4.69) is 4.98 Å². The van der Waals surface area contributed by atoms with Gasteiger partial charge in [0.05, 0.1) is 22.2 Å². The fraction of sp³-hybridized carbons (Fsp3) is 0.250. The molecule has 3 N–H and O–H groups in total. The summed E-state index contributed by atoms with van der Waals surface area (Å²) in [6.45, 7) is 1.01. The molecular weight excluding hydrogens is 353 g/mol. The predicted octanol–water partition coefficient (Wildman–Crippen LogP) is 2.71. The van der Waals surface area contributed by atoms with Crippen LogP contribution in [0.3, 0.4) is 0 Å². The van der Waals surface area contributed by atoms with Crippen molar-refractivity contribution in [3.63, 3.8) is 0 Å². The highest BCUT2D eigenvalue weighted by Gasteiger charge is 2.29. The Morgan fingerprint density at radius 1 is 1.25 bits per heavy atom. The standard InChI is InChI=1S/C16H15Cl2N3O3/c17-12-2-1-10(6-13(12)18)24-11-3-4-21(8-11)16(23)14-5-9(7-20-14)15(19)22/h1-2,5-7,11,20H,3-4,8H2,(H2,19,22). The number of ether oxygens (including phenoxy) is 1. The van der Waals surface area contributed by atoms with Crippen LogP contribution in [0.2, 0.25) is 10.0 Å². The zero-order valence-electron chi connectivity index (χ0n) is 12.6. The molecule has 0 aliphatic carbocycles. The number of aromatic amines is 1. The van der Waals surface area contributed by atoms with Crippen molar-refractivity contribution in [2.45, 2.75) is 12.5 Å². The smallest absolute Gasteiger partial charge is 0.270 e. The molecule has 0 bridgehead atoms. The number of carbonyl (C=O) groups excluding carboxylic acids is 2. The molecule has 6 nitrogen and oxygen atoms in total. The molecule has 8 heteroatoms. The number of halogens is 2. The fourth-order valence-corrected chi connectivity index (χ4v) is 2.87. The Kier molecular flexibility index (Phi) is 4.69. The summed E-state index contributed by atoms with van der Waals surface area (Å²) in [7, 11) is 0. The number of rotatable bonds is 4. The van der Waals surface area contributed by atoms with E-state index in [-0.39, 0.29) is 17.6 Å². The van der Waals surface area contributed by atoms with Crippen molar-refractivity contribution < 1.29 is 14.3 Å². The molecule has 126 valence electrons. The Balaban J connectivity index is 1.62. The Bertz CT molecular complexity index is 791. The molecule has 1 fully saturated rings. The van der Waals surface area contributed by atoms with Crippen LogP contribution in [-0.2, 0) is 0 Å². The maximum atomic E-state index is 12.4. The van der Waals surface area contributed by atoms with E-state index >= 15 is 0 Å². The summed E-state index contributed by atoms with van der Waals surface area (Å²) in [5.74, 6) is -0.158. The highest BCUT2D eigenvalue weighted by Crippen LogP contribution is 2.28. The van der Waals surface area contributed by atoms with E-state index in [1.165, 1.54) is 12.3 Å². The van der Waals surface area contributed by atoms with Crippen molar-refractivity contribution >= 4 is 35.0 Å². The second-order valence-corrected chi connectivity index (χ2v) is 6.34. The van der Waals surface area contributed by atoms with Gasteiger partial charge in [0.25, 0.3) is 5.91 Å². The number of nitrogens with one attached hydrogen (secondary N) is 1. The van der Waals surface area contributed by atoms with E-state index in [0.29, 0.717) is 41.0 Å². The number of carbonyl (C=O) groups is 2. The maximum Gasteiger partial charge on any atom is 0.270 e. The number of H-pyrrole nitrogens is 1. The third kappa shape index (κ3) is 3.49. The molecule has 1 atom stereocenters. The van der Waals surface area contributed by atoms with E-state index < -0.39 is 5.91 Å². The van der Waals surface area contributed by atoms with Crippen molar-refractivity contribution in [2.75, 3.05) is 13.1 Å². The summed E-state index contributed by atoms with van der Waals surface area (Å²) >= 11 is 11.8. The molecule has 2 heterocycles. The maximum absolute atomic E-state index is 12.4. The number of nitrogens with two attached hydrogens (primary N) is 1. The van der Waals surface area contributed by atoms with Crippen LogP contribution in [0.25, 0.3) is 0 Å². The largest absolute Gasteiger partial charge is 0.488 e. The lowest BCUT2D eigenvalue weighted by atomic mass is 10.3. The van der Waals surface area contributed by atoms with Crippen molar-refractivity contribution in [1.29, 1.82) is 0 Å². The van der Waals surface area contributed by atoms with Gasteiger partial charge in [0, 0.05) is 25.2 Å². The van der Waals surface area contributed by atoms with Gasteiger partial charge < -0.3 is 20.4 Å². The zero-order chi connectivity index (χ0) is 17.3. The molecule has 2 amide bonds. The van der Waals surface area contributed by atoms with E-state index in [4.69, 9.17) is 33.7 Å². The third-order valence-corrected chi connectivity index (χ3v) is 4.56. The van der Waals surface area contributed by atoms with E-state index in [0.717, 1.165) is 0 Å². The monoisotopic (exact) mass is 367 g/mol. The molecule has 1 saturated heterocycles. The fourth-order valence-electron chi connectivity index (χ4n) is 2.58. The quantitative estimate of drug-likeness (QED) is 0.870. The van der Waals surface area contributed by atoms with Crippen molar-refractivity contribution in [1.82, 2.24) is 9.88 Å². The first-order valence-corrected chi connectivity index (χ1v) is 8.09. The number of amides is 2. The van der Waals surface area contributed by atoms with Gasteiger partial charge in [0.1, 0.15) is 17.5 Å². The molecule has 1 aromatic heterocycles. The minimum atomic E-state index is -0.576. The molecule has 1 aliphatic rings. The minimum Gasteiger partial charge on any atom is -0.488 e. The van der Waals surface area contributed by atoms with Crippen LogP contribution in [0.1, 0.15) is 27.3 Å². The lowest BCUT2D eigenvalue weighted by Gasteiger charge is -2.17. The highest BCUT2D eigenvalue weighted by molar-refractivity contribution is 6.42. The Hall–Kier alpha value is -2.18. The molecule has 0 saturated carbocycles. The Labute approximate surface area is 148 Å². The molecular formula is C16H15Cl2N3O3. The van der Waals surface area contributed by atoms with Crippen LogP contribution in [0.5, 0.6) is 5.75 Å². The highest BCUT2D eigenvalue weighted by atomic mass is 35.5. The molecule has 1 aliphatic heterocycles. The van der Waals surface area contributed by atoms with E-state index in [1.54, 1.807) is 23.1 Å². The molecule has 1 aromatic carbocycles. The summed E-state index contributed by atoms with van der Waals surface area (Å²) in [4.78, 5) is 28.0. The Morgan fingerprint density at radius 3 is 2.71 bits per heavy atom. The molecule has 3 rings (SSSR count). The van der Waals surface area contributed by atoms with E-state index in [9.17, 15) is 9.59 Å². The molecule has 0 spiro atoms.